The van der Waals surface area contributed by atoms with Gasteiger partial charge < -0.3 is 0 Å². The number of fused-ring (bicyclic) bond motifs is 1. The fourth-order valence-electron chi connectivity index (χ4n) is 1.78. The van der Waals surface area contributed by atoms with Crippen LogP contribution >= 0.6 is 0 Å². The van der Waals surface area contributed by atoms with Crippen LogP contribution in [0.25, 0.3) is 22.2 Å². The minimum Gasteiger partial charge on any atom is -0.296 e. The number of aromatic nitrogens is 1. The summed E-state index contributed by atoms with van der Waals surface area (Å²) in [5.74, 6) is -0.283. The maximum atomic E-state index is 12.8. The molecule has 1 nitrogen and oxygen atoms in total. The Labute approximate surface area is 118 Å². The zero-order valence-electron chi connectivity index (χ0n) is 9.35. The van der Waals surface area contributed by atoms with Crippen LogP contribution in [0.5, 0.6) is 0 Å². The standard InChI is InChI=1S/C15H9FN.Ir/c16-13-8-5-12(6-9-13)15-10-7-11-3-1-2-4-14(11)17-15;/h1-5,7-10H;/q-1;. The molecule has 0 amide bonds. The quantitative estimate of drug-likeness (QED) is 0.552. The largest absolute Gasteiger partial charge is 0.296 e. The molecule has 0 bridgehead atoms. The van der Waals surface area contributed by atoms with E-state index in [0.717, 1.165) is 22.2 Å². The predicted molar refractivity (Wildman–Crippen MR) is 66.0 cm³/mol. The average molecular weight is 414 g/mol. The molecule has 0 N–H and O–H groups in total. The summed E-state index contributed by atoms with van der Waals surface area (Å²) in [6.07, 6.45) is 0. The summed E-state index contributed by atoms with van der Waals surface area (Å²) in [6.45, 7) is 0. The summed E-state index contributed by atoms with van der Waals surface area (Å²) in [5, 5.41) is 1.10. The molecule has 0 aliphatic rings. The van der Waals surface area contributed by atoms with Crippen LogP contribution in [0, 0.1) is 11.9 Å². The average Bonchev–Trinajstić information content (AvgIpc) is 2.39. The van der Waals surface area contributed by atoms with E-state index in [0.29, 0.717) is 0 Å². The van der Waals surface area contributed by atoms with E-state index in [-0.39, 0.29) is 25.9 Å². The monoisotopic (exact) mass is 415 g/mol. The second-order valence-corrected chi connectivity index (χ2v) is 3.81. The molecule has 0 unspecified atom stereocenters. The summed E-state index contributed by atoms with van der Waals surface area (Å²) in [4.78, 5) is 4.52. The van der Waals surface area contributed by atoms with Crippen LogP contribution in [0.15, 0.2) is 54.6 Å². The van der Waals surface area contributed by atoms with Crippen LogP contribution in [0.4, 0.5) is 4.39 Å². The Bertz CT molecular complexity index is 665. The van der Waals surface area contributed by atoms with Gasteiger partial charge in [0.2, 0.25) is 0 Å². The zero-order chi connectivity index (χ0) is 11.7. The number of para-hydroxylation sites is 1. The van der Waals surface area contributed by atoms with Crippen LogP contribution in [-0.2, 0) is 20.1 Å². The van der Waals surface area contributed by atoms with E-state index in [1.165, 1.54) is 12.1 Å². The fraction of sp³-hybridized carbons (Fsp3) is 0. The van der Waals surface area contributed by atoms with Crippen molar-refractivity contribution in [2.24, 2.45) is 0 Å². The second kappa shape index (κ2) is 5.38. The topological polar surface area (TPSA) is 12.9 Å². The Kier molecular flexibility index (Phi) is 3.85. The number of hydrogen-bond acceptors (Lipinski definition) is 1. The predicted octanol–water partition coefficient (Wildman–Crippen LogP) is 3.84. The molecule has 3 heteroatoms. The number of halogens is 1. The molecule has 0 saturated carbocycles. The molecule has 1 radical (unpaired) electrons. The molecule has 0 aliphatic heterocycles. The third kappa shape index (κ3) is 2.47. The minimum atomic E-state index is -0.283. The van der Waals surface area contributed by atoms with Gasteiger partial charge in [0.25, 0.3) is 0 Å². The summed E-state index contributed by atoms with van der Waals surface area (Å²) in [6, 6.07) is 19.2. The molecule has 2 aromatic carbocycles. The zero-order valence-corrected chi connectivity index (χ0v) is 11.7. The van der Waals surface area contributed by atoms with E-state index in [4.69, 9.17) is 0 Å². The number of rotatable bonds is 1. The maximum Gasteiger partial charge on any atom is 0.0595 e. The van der Waals surface area contributed by atoms with Gasteiger partial charge in [-0.15, -0.1) is 29.8 Å². The Hall–Kier alpha value is -1.57. The van der Waals surface area contributed by atoms with Crippen LogP contribution in [0.3, 0.4) is 0 Å². The molecule has 0 aliphatic carbocycles. The first-order valence-electron chi connectivity index (χ1n) is 5.36. The summed E-state index contributed by atoms with van der Waals surface area (Å²) >= 11 is 0. The molecule has 18 heavy (non-hydrogen) atoms. The maximum absolute atomic E-state index is 12.8. The minimum absolute atomic E-state index is 0. The van der Waals surface area contributed by atoms with Gasteiger partial charge in [-0.3, -0.25) is 9.37 Å². The molecule has 91 valence electrons. The molecule has 1 aromatic heterocycles. The van der Waals surface area contributed by atoms with Gasteiger partial charge in [0.15, 0.2) is 0 Å². The van der Waals surface area contributed by atoms with Crippen LogP contribution < -0.4 is 0 Å². The molecule has 0 fully saturated rings. The fourth-order valence-corrected chi connectivity index (χ4v) is 1.78. The first-order chi connectivity index (χ1) is 8.33. The van der Waals surface area contributed by atoms with Crippen LogP contribution in [0.1, 0.15) is 0 Å². The van der Waals surface area contributed by atoms with Gasteiger partial charge in [0.05, 0.1) is 5.52 Å². The summed E-state index contributed by atoms with van der Waals surface area (Å²) in [5.41, 5.74) is 2.54. The second-order valence-electron chi connectivity index (χ2n) is 3.81. The summed E-state index contributed by atoms with van der Waals surface area (Å²) < 4.78 is 12.8. The number of nitrogens with zero attached hydrogens (tertiary/aromatic N) is 1. The van der Waals surface area contributed by atoms with Crippen molar-refractivity contribution in [2.75, 3.05) is 0 Å². The van der Waals surface area contributed by atoms with Gasteiger partial charge in [-0.05, 0) is 17.1 Å². The van der Waals surface area contributed by atoms with E-state index in [1.54, 1.807) is 6.07 Å². The Morgan fingerprint density at radius 3 is 2.56 bits per heavy atom. The number of benzene rings is 2. The molecule has 3 rings (SSSR count). The van der Waals surface area contributed by atoms with Gasteiger partial charge >= 0.3 is 0 Å². The molecule has 0 spiro atoms. The van der Waals surface area contributed by atoms with Crippen molar-refractivity contribution >= 4 is 10.9 Å². The number of hydrogen-bond donors (Lipinski definition) is 0. The van der Waals surface area contributed by atoms with Crippen LogP contribution in [-0.4, -0.2) is 4.98 Å². The van der Waals surface area contributed by atoms with Crippen molar-refractivity contribution < 1.29 is 24.5 Å². The third-order valence-electron chi connectivity index (χ3n) is 2.65. The van der Waals surface area contributed by atoms with Crippen molar-refractivity contribution in [3.63, 3.8) is 0 Å². The van der Waals surface area contributed by atoms with Gasteiger partial charge in [-0.25, -0.2) is 0 Å². The SMILES string of the molecule is Fc1c[c-]c(-c2ccc3ccccc3n2)cc1.[Ir]. The Balaban J connectivity index is 0.00000120. The molecule has 0 saturated heterocycles. The van der Waals surface area contributed by atoms with Crippen molar-refractivity contribution in [3.8, 4) is 11.3 Å². The smallest absolute Gasteiger partial charge is 0.0595 e. The molecule has 1 heterocycles. The normalized spacial score (nSPS) is 10.1. The van der Waals surface area contributed by atoms with Crippen molar-refractivity contribution in [3.05, 3.63) is 66.5 Å². The first-order valence-corrected chi connectivity index (χ1v) is 5.36. The van der Waals surface area contributed by atoms with Gasteiger partial charge in [-0.2, -0.15) is 0 Å². The Morgan fingerprint density at radius 2 is 1.78 bits per heavy atom. The molecular formula is C15H9FIrN-. The van der Waals surface area contributed by atoms with E-state index >= 15 is 0 Å². The molecule has 0 atom stereocenters. The van der Waals surface area contributed by atoms with E-state index in [9.17, 15) is 4.39 Å². The van der Waals surface area contributed by atoms with Crippen molar-refractivity contribution in [2.45, 2.75) is 0 Å². The van der Waals surface area contributed by atoms with Gasteiger partial charge in [0.1, 0.15) is 0 Å². The van der Waals surface area contributed by atoms with E-state index in [2.05, 4.69) is 11.1 Å². The van der Waals surface area contributed by atoms with Crippen molar-refractivity contribution in [1.29, 1.82) is 0 Å². The number of pyridine rings is 1. The molecule has 3 aromatic rings. The van der Waals surface area contributed by atoms with E-state index < -0.39 is 0 Å². The molecular weight excluding hydrogens is 405 g/mol. The van der Waals surface area contributed by atoms with Crippen molar-refractivity contribution in [1.82, 2.24) is 4.98 Å². The van der Waals surface area contributed by atoms with Crippen LogP contribution in [0.2, 0.25) is 0 Å². The van der Waals surface area contributed by atoms with Gasteiger partial charge in [0, 0.05) is 25.9 Å². The van der Waals surface area contributed by atoms with Gasteiger partial charge in [-0.1, -0.05) is 30.3 Å². The first kappa shape index (κ1) is 12.9. The van der Waals surface area contributed by atoms with E-state index in [1.807, 2.05) is 36.4 Å². The summed E-state index contributed by atoms with van der Waals surface area (Å²) in [7, 11) is 0. The third-order valence-corrected chi connectivity index (χ3v) is 2.65. The Morgan fingerprint density at radius 1 is 0.944 bits per heavy atom.